The summed E-state index contributed by atoms with van der Waals surface area (Å²) < 4.78 is 38.0. The molecule has 1 saturated heterocycles. The number of nitrogens with zero attached hydrogens (tertiary/aromatic N) is 2. The molecule has 8 heteroatoms. The molecule has 0 spiro atoms. The molecule has 2 fully saturated rings. The molecule has 1 aromatic rings. The van der Waals surface area contributed by atoms with Crippen LogP contribution in [0.3, 0.4) is 0 Å². The van der Waals surface area contributed by atoms with E-state index in [1.165, 1.54) is 12.1 Å². The number of rotatable bonds is 6. The predicted octanol–water partition coefficient (Wildman–Crippen LogP) is 2.75. The molecule has 5 nitrogen and oxygen atoms in total. The summed E-state index contributed by atoms with van der Waals surface area (Å²) in [7, 11) is 0. The molecular formula is C18H21F3N2O3. The molecule has 1 aliphatic carbocycles. The van der Waals surface area contributed by atoms with Crippen LogP contribution >= 0.6 is 0 Å². The number of halogens is 3. The van der Waals surface area contributed by atoms with Gasteiger partial charge in [0.25, 0.3) is 0 Å². The number of carbonyl (C=O) groups excluding carboxylic acids is 1. The van der Waals surface area contributed by atoms with E-state index in [-0.39, 0.29) is 25.0 Å². The van der Waals surface area contributed by atoms with Crippen molar-refractivity contribution in [1.82, 2.24) is 9.80 Å². The Bertz CT molecular complexity index is 671. The zero-order valence-corrected chi connectivity index (χ0v) is 14.2. The maximum Gasteiger partial charge on any atom is 0.416 e. The second kappa shape index (κ2) is 7.26. The zero-order chi connectivity index (χ0) is 18.9. The molecule has 3 rings (SSSR count). The average molecular weight is 370 g/mol. The first-order valence-electron chi connectivity index (χ1n) is 8.68. The Morgan fingerprint density at radius 1 is 1.15 bits per heavy atom. The third kappa shape index (κ3) is 4.35. The lowest BCUT2D eigenvalue weighted by molar-refractivity contribution is -0.143. The van der Waals surface area contributed by atoms with Crippen LogP contribution in [0.4, 0.5) is 13.2 Å². The van der Waals surface area contributed by atoms with E-state index < -0.39 is 23.8 Å². The van der Waals surface area contributed by atoms with Gasteiger partial charge >= 0.3 is 12.1 Å². The first kappa shape index (κ1) is 18.7. The van der Waals surface area contributed by atoms with Crippen molar-refractivity contribution >= 4 is 11.9 Å². The van der Waals surface area contributed by atoms with Crippen molar-refractivity contribution in [3.8, 4) is 0 Å². The molecule has 1 aliphatic heterocycles. The molecule has 0 bridgehead atoms. The fraction of sp³-hybridized carbons (Fsp3) is 0.556. The van der Waals surface area contributed by atoms with E-state index in [0.717, 1.165) is 31.4 Å². The van der Waals surface area contributed by atoms with Crippen molar-refractivity contribution in [3.63, 3.8) is 0 Å². The van der Waals surface area contributed by atoms with Gasteiger partial charge in [0, 0.05) is 12.6 Å². The molecule has 1 atom stereocenters. The summed E-state index contributed by atoms with van der Waals surface area (Å²) in [5, 5.41) is 9.23. The summed E-state index contributed by atoms with van der Waals surface area (Å²) >= 11 is 0. The van der Waals surface area contributed by atoms with Crippen LogP contribution in [0, 0.1) is 0 Å². The fourth-order valence-electron chi connectivity index (χ4n) is 3.36. The van der Waals surface area contributed by atoms with E-state index in [4.69, 9.17) is 0 Å². The van der Waals surface area contributed by atoms with Gasteiger partial charge in [-0.1, -0.05) is 12.1 Å². The van der Waals surface area contributed by atoms with E-state index in [0.29, 0.717) is 18.5 Å². The Hall–Kier alpha value is -2.09. The highest BCUT2D eigenvalue weighted by Gasteiger charge is 2.37. The molecule has 1 heterocycles. The Morgan fingerprint density at radius 2 is 1.81 bits per heavy atom. The van der Waals surface area contributed by atoms with E-state index in [1.54, 1.807) is 9.80 Å². The van der Waals surface area contributed by atoms with Crippen molar-refractivity contribution in [2.45, 2.75) is 50.5 Å². The van der Waals surface area contributed by atoms with Crippen LogP contribution in [0.1, 0.15) is 36.8 Å². The summed E-state index contributed by atoms with van der Waals surface area (Å²) in [6.45, 7) is 0.850. The van der Waals surface area contributed by atoms with Gasteiger partial charge in [0.2, 0.25) is 5.91 Å². The van der Waals surface area contributed by atoms with Crippen molar-refractivity contribution < 1.29 is 27.9 Å². The molecule has 142 valence electrons. The molecule has 26 heavy (non-hydrogen) atoms. The summed E-state index contributed by atoms with van der Waals surface area (Å²) in [6.07, 6.45) is -1.37. The molecule has 1 N–H and O–H groups in total. The van der Waals surface area contributed by atoms with Gasteiger partial charge in [-0.15, -0.1) is 0 Å². The highest BCUT2D eigenvalue weighted by Crippen LogP contribution is 2.31. The van der Waals surface area contributed by atoms with E-state index in [9.17, 15) is 27.9 Å². The average Bonchev–Trinajstić information content (AvgIpc) is 3.30. The number of hydrogen-bond acceptors (Lipinski definition) is 3. The smallest absolute Gasteiger partial charge is 0.416 e. The maximum atomic E-state index is 12.7. The summed E-state index contributed by atoms with van der Waals surface area (Å²) in [5.41, 5.74) is -0.0821. The minimum atomic E-state index is -4.38. The van der Waals surface area contributed by atoms with Crippen molar-refractivity contribution in [2.24, 2.45) is 0 Å². The first-order valence-corrected chi connectivity index (χ1v) is 8.68. The summed E-state index contributed by atoms with van der Waals surface area (Å²) in [5.74, 6) is -1.09. The third-order valence-corrected chi connectivity index (χ3v) is 4.93. The SMILES string of the molecule is O=C(O)[C@@H]1CCCN1CC(=O)N(Cc1ccc(C(F)(F)F)cc1)C1CC1. The van der Waals surface area contributed by atoms with Gasteiger partial charge in [-0.3, -0.25) is 14.5 Å². The lowest BCUT2D eigenvalue weighted by Gasteiger charge is -2.27. The van der Waals surface area contributed by atoms with Gasteiger partial charge < -0.3 is 10.0 Å². The van der Waals surface area contributed by atoms with Crippen LogP contribution in [-0.4, -0.2) is 52.0 Å². The molecule has 1 amide bonds. The van der Waals surface area contributed by atoms with Crippen molar-refractivity contribution in [2.75, 3.05) is 13.1 Å². The van der Waals surface area contributed by atoms with Crippen LogP contribution in [0.15, 0.2) is 24.3 Å². The normalized spacial score (nSPS) is 21.0. The maximum absolute atomic E-state index is 12.7. The predicted molar refractivity (Wildman–Crippen MR) is 87.2 cm³/mol. The Morgan fingerprint density at radius 3 is 2.35 bits per heavy atom. The molecule has 1 saturated carbocycles. The molecule has 1 aromatic carbocycles. The Labute approximate surface area is 149 Å². The Balaban J connectivity index is 1.66. The monoisotopic (exact) mass is 370 g/mol. The largest absolute Gasteiger partial charge is 0.480 e. The number of alkyl halides is 3. The minimum absolute atomic E-state index is 0.0358. The number of hydrogen-bond donors (Lipinski definition) is 1. The van der Waals surface area contributed by atoms with Crippen LogP contribution in [0.2, 0.25) is 0 Å². The van der Waals surface area contributed by atoms with Gasteiger partial charge in [0.1, 0.15) is 6.04 Å². The number of amides is 1. The third-order valence-electron chi connectivity index (χ3n) is 4.93. The van der Waals surface area contributed by atoms with Crippen LogP contribution < -0.4 is 0 Å². The lowest BCUT2D eigenvalue weighted by Crippen LogP contribution is -2.45. The number of carboxylic acid groups (broad SMARTS) is 1. The van der Waals surface area contributed by atoms with E-state index in [2.05, 4.69) is 0 Å². The highest BCUT2D eigenvalue weighted by atomic mass is 19.4. The zero-order valence-electron chi connectivity index (χ0n) is 14.2. The summed E-state index contributed by atoms with van der Waals surface area (Å²) in [4.78, 5) is 27.3. The van der Waals surface area contributed by atoms with Crippen LogP contribution in [-0.2, 0) is 22.3 Å². The lowest BCUT2D eigenvalue weighted by atomic mass is 10.1. The standard InChI is InChI=1S/C18H21F3N2O3/c19-18(20,21)13-5-3-12(4-6-13)10-23(14-7-8-14)16(24)11-22-9-1-2-15(22)17(25)26/h3-6,14-15H,1-2,7-11H2,(H,25,26)/t15-/m0/s1. The number of aliphatic carboxylic acids is 1. The molecule has 0 unspecified atom stereocenters. The van der Waals surface area contributed by atoms with Crippen LogP contribution in [0.5, 0.6) is 0 Å². The number of benzene rings is 1. The van der Waals surface area contributed by atoms with Gasteiger partial charge in [0.15, 0.2) is 0 Å². The summed E-state index contributed by atoms with van der Waals surface area (Å²) in [6, 6.07) is 4.28. The quantitative estimate of drug-likeness (QED) is 0.837. The number of carboxylic acids is 1. The molecule has 0 radical (unpaired) electrons. The van der Waals surface area contributed by atoms with Gasteiger partial charge in [0.05, 0.1) is 12.1 Å². The molecular weight excluding hydrogens is 349 g/mol. The van der Waals surface area contributed by atoms with Gasteiger partial charge in [-0.25, -0.2) is 0 Å². The number of likely N-dealkylation sites (tertiary alicyclic amines) is 1. The second-order valence-corrected chi connectivity index (χ2v) is 6.91. The van der Waals surface area contributed by atoms with E-state index >= 15 is 0 Å². The Kier molecular flexibility index (Phi) is 5.22. The first-order chi connectivity index (χ1) is 12.3. The van der Waals surface area contributed by atoms with Crippen molar-refractivity contribution in [1.29, 1.82) is 0 Å². The minimum Gasteiger partial charge on any atom is -0.480 e. The van der Waals surface area contributed by atoms with Gasteiger partial charge in [-0.05, 0) is 49.9 Å². The van der Waals surface area contributed by atoms with Crippen LogP contribution in [0.25, 0.3) is 0 Å². The topological polar surface area (TPSA) is 60.9 Å². The second-order valence-electron chi connectivity index (χ2n) is 6.91. The van der Waals surface area contributed by atoms with Gasteiger partial charge in [-0.2, -0.15) is 13.2 Å². The van der Waals surface area contributed by atoms with E-state index in [1.807, 2.05) is 0 Å². The van der Waals surface area contributed by atoms with Crippen molar-refractivity contribution in [3.05, 3.63) is 35.4 Å². The molecule has 2 aliphatic rings. The fourth-order valence-corrected chi connectivity index (χ4v) is 3.36. The molecule has 0 aromatic heterocycles. The highest BCUT2D eigenvalue weighted by molar-refractivity contribution is 5.81. The number of carbonyl (C=O) groups is 2.